The maximum absolute atomic E-state index is 12.2. The van der Waals surface area contributed by atoms with Gasteiger partial charge < -0.3 is 25.6 Å². The zero-order valence-corrected chi connectivity index (χ0v) is 24.1. The molecule has 212 valence electrons. The predicted octanol–water partition coefficient (Wildman–Crippen LogP) is 2.74. The van der Waals surface area contributed by atoms with Gasteiger partial charge in [-0.1, -0.05) is 6.92 Å². The van der Waals surface area contributed by atoms with Crippen molar-refractivity contribution in [1.82, 2.24) is 19.9 Å². The van der Waals surface area contributed by atoms with Crippen LogP contribution in [0.2, 0.25) is 0 Å². The monoisotopic (exact) mass is 576 g/mol. The van der Waals surface area contributed by atoms with Gasteiger partial charge in [0.25, 0.3) is 0 Å². The van der Waals surface area contributed by atoms with Crippen molar-refractivity contribution in [3.05, 3.63) is 23.7 Å². The molecular weight excluding hydrogens is 540 g/mol. The minimum atomic E-state index is -3.32. The first-order chi connectivity index (χ1) is 18.7. The third kappa shape index (κ3) is 6.17. The molecule has 11 nitrogen and oxygen atoms in total. The van der Waals surface area contributed by atoms with E-state index in [4.69, 9.17) is 14.7 Å². The number of ether oxygens (including phenoxy) is 1. The van der Waals surface area contributed by atoms with Crippen LogP contribution < -0.4 is 10.6 Å². The van der Waals surface area contributed by atoms with Crippen LogP contribution in [0.1, 0.15) is 50.4 Å². The number of hydrogen-bond donors (Lipinski definition) is 4. The quantitative estimate of drug-likeness (QED) is 0.235. The summed E-state index contributed by atoms with van der Waals surface area (Å²) in [5.41, 5.74) is 3.32. The van der Waals surface area contributed by atoms with Crippen molar-refractivity contribution in [2.75, 3.05) is 41.9 Å². The molecule has 2 aliphatic rings. The molecule has 4 N–H and O–H groups in total. The lowest BCUT2D eigenvalue weighted by atomic mass is 10.1. The van der Waals surface area contributed by atoms with E-state index in [2.05, 4.69) is 20.6 Å². The highest BCUT2D eigenvalue weighted by atomic mass is 32.2. The number of nitrogens with one attached hydrogen (secondary N) is 2. The van der Waals surface area contributed by atoms with Crippen molar-refractivity contribution in [2.24, 2.45) is 5.92 Å². The predicted molar refractivity (Wildman–Crippen MR) is 152 cm³/mol. The van der Waals surface area contributed by atoms with Crippen molar-refractivity contribution in [2.45, 2.75) is 64.2 Å². The maximum atomic E-state index is 12.2. The van der Waals surface area contributed by atoms with Crippen molar-refractivity contribution in [3.8, 4) is 10.6 Å². The SMILES string of the molecule is CCOCCNc1nc(C)c(-c2nc3c(C4CC4)nccc3s2)c(N[C@@H]2C[C@H](CS(=O)(=O)CC)[C@@H](O)[C@H]2O)n1. The van der Waals surface area contributed by atoms with Gasteiger partial charge >= 0.3 is 0 Å². The Kier molecular flexibility index (Phi) is 8.34. The molecule has 0 bridgehead atoms. The number of nitrogens with zero attached hydrogens (tertiary/aromatic N) is 4. The molecule has 0 aromatic carbocycles. The first-order valence-electron chi connectivity index (χ1n) is 13.5. The largest absolute Gasteiger partial charge is 0.390 e. The molecule has 2 saturated carbocycles. The summed E-state index contributed by atoms with van der Waals surface area (Å²) >= 11 is 1.54. The number of sulfone groups is 1. The summed E-state index contributed by atoms with van der Waals surface area (Å²) in [6.45, 7) is 7.03. The highest BCUT2D eigenvalue weighted by molar-refractivity contribution is 7.91. The van der Waals surface area contributed by atoms with Crippen LogP contribution in [0.3, 0.4) is 0 Å². The van der Waals surface area contributed by atoms with Crippen LogP contribution in [0.25, 0.3) is 20.8 Å². The summed E-state index contributed by atoms with van der Waals surface area (Å²) in [7, 11) is -3.32. The Labute approximate surface area is 232 Å². The molecule has 0 aliphatic heterocycles. The van der Waals surface area contributed by atoms with Crippen LogP contribution in [0.15, 0.2) is 12.3 Å². The standard InChI is InChI=1S/C26H36N6O5S2/c1-4-37-11-10-28-26-29-14(3)19(25-31-21-18(38-25)8-9-27-20(21)15-6-7-15)24(32-26)30-17-12-16(22(33)23(17)34)13-39(35,36)5-2/h8-9,15-17,22-23,33-34H,4-7,10-13H2,1-3H3,(H2,28,29,30,32)/t16-,17-,22-,23+/m1/s1. The second-order valence-corrected chi connectivity index (χ2v) is 13.7. The number of aryl methyl sites for hydroxylation is 1. The van der Waals surface area contributed by atoms with Gasteiger partial charge in [0.15, 0.2) is 0 Å². The van der Waals surface area contributed by atoms with Gasteiger partial charge in [-0.3, -0.25) is 4.98 Å². The second kappa shape index (κ2) is 11.6. The molecular formula is C26H36N6O5S2. The molecule has 2 aliphatic carbocycles. The van der Waals surface area contributed by atoms with E-state index in [-0.39, 0.29) is 17.9 Å². The summed E-state index contributed by atoms with van der Waals surface area (Å²) in [5.74, 6) is 0.560. The van der Waals surface area contributed by atoms with Gasteiger partial charge in [0.1, 0.15) is 32.3 Å². The van der Waals surface area contributed by atoms with Crippen molar-refractivity contribution in [1.29, 1.82) is 0 Å². The Morgan fingerprint density at radius 3 is 2.67 bits per heavy atom. The molecule has 0 amide bonds. The van der Waals surface area contributed by atoms with Gasteiger partial charge in [0.05, 0.1) is 46.2 Å². The first kappa shape index (κ1) is 28.1. The van der Waals surface area contributed by atoms with Gasteiger partial charge in [-0.2, -0.15) is 4.98 Å². The molecule has 0 radical (unpaired) electrons. The van der Waals surface area contributed by atoms with Gasteiger partial charge in [-0.25, -0.2) is 18.4 Å². The molecule has 0 saturated heterocycles. The molecule has 0 unspecified atom stereocenters. The smallest absolute Gasteiger partial charge is 0.224 e. The maximum Gasteiger partial charge on any atom is 0.224 e. The lowest BCUT2D eigenvalue weighted by Crippen LogP contribution is -2.36. The summed E-state index contributed by atoms with van der Waals surface area (Å²) < 4.78 is 30.9. The summed E-state index contributed by atoms with van der Waals surface area (Å²) in [4.78, 5) is 19.0. The molecule has 3 aromatic rings. The molecule has 3 aromatic heterocycles. The van der Waals surface area contributed by atoms with Crippen molar-refractivity contribution >= 4 is 43.2 Å². The molecule has 2 fully saturated rings. The molecule has 39 heavy (non-hydrogen) atoms. The van der Waals surface area contributed by atoms with E-state index in [1.807, 2.05) is 26.1 Å². The average Bonchev–Trinajstić information content (AvgIpc) is 3.61. The molecule has 3 heterocycles. The second-order valence-electron chi connectivity index (χ2n) is 10.2. The number of thiazole rings is 1. The van der Waals surface area contributed by atoms with Crippen LogP contribution >= 0.6 is 11.3 Å². The molecule has 5 rings (SSSR count). The molecule has 0 spiro atoms. The van der Waals surface area contributed by atoms with Crippen LogP contribution in [0.5, 0.6) is 0 Å². The van der Waals surface area contributed by atoms with Crippen molar-refractivity contribution < 1.29 is 23.4 Å². The minimum absolute atomic E-state index is 0.00819. The number of aliphatic hydroxyl groups excluding tert-OH is 2. The highest BCUT2D eigenvalue weighted by Crippen LogP contribution is 2.44. The van der Waals surface area contributed by atoms with Gasteiger partial charge in [-0.15, -0.1) is 11.3 Å². The van der Waals surface area contributed by atoms with E-state index in [9.17, 15) is 18.6 Å². The zero-order chi connectivity index (χ0) is 27.7. The normalized spacial score (nSPS) is 23.4. The first-order valence-corrected chi connectivity index (χ1v) is 16.1. The number of aromatic nitrogens is 4. The Hall–Kier alpha value is -2.45. The number of anilines is 2. The molecule has 13 heteroatoms. The topological polar surface area (TPSA) is 159 Å². The zero-order valence-electron chi connectivity index (χ0n) is 22.4. The fraction of sp³-hybridized carbons (Fsp3) is 0.615. The molecule has 4 atom stereocenters. The van der Waals surface area contributed by atoms with Crippen LogP contribution in [0, 0.1) is 12.8 Å². The fourth-order valence-electron chi connectivity index (χ4n) is 5.08. The number of pyridine rings is 1. The lowest BCUT2D eigenvalue weighted by molar-refractivity contribution is 0.0216. The average molecular weight is 577 g/mol. The Morgan fingerprint density at radius 1 is 1.15 bits per heavy atom. The summed E-state index contributed by atoms with van der Waals surface area (Å²) in [6.07, 6.45) is 2.04. The number of fused-ring (bicyclic) bond motifs is 1. The van der Waals surface area contributed by atoms with Gasteiger partial charge in [0.2, 0.25) is 5.95 Å². The van der Waals surface area contributed by atoms with Crippen molar-refractivity contribution in [3.63, 3.8) is 0 Å². The third-order valence-corrected chi connectivity index (χ3v) is 10.2. The van der Waals surface area contributed by atoms with E-state index in [1.54, 1.807) is 6.92 Å². The van der Waals surface area contributed by atoms with Gasteiger partial charge in [-0.05, 0) is 39.2 Å². The number of rotatable bonds is 12. The van der Waals surface area contributed by atoms with Crippen LogP contribution in [-0.2, 0) is 14.6 Å². The number of hydrogen-bond acceptors (Lipinski definition) is 12. The lowest BCUT2D eigenvalue weighted by Gasteiger charge is -2.21. The van der Waals surface area contributed by atoms with E-state index in [1.165, 1.54) is 11.3 Å². The summed E-state index contributed by atoms with van der Waals surface area (Å²) in [5, 5.41) is 28.8. The number of aliphatic hydroxyl groups is 2. The van der Waals surface area contributed by atoms with E-state index in [0.29, 0.717) is 48.7 Å². The third-order valence-electron chi connectivity index (χ3n) is 7.37. The Bertz CT molecular complexity index is 1430. The Balaban J connectivity index is 1.49. The van der Waals surface area contributed by atoms with Gasteiger partial charge in [0, 0.05) is 36.9 Å². The summed E-state index contributed by atoms with van der Waals surface area (Å²) in [6, 6.07) is 1.37. The van der Waals surface area contributed by atoms with E-state index in [0.717, 1.165) is 33.8 Å². The minimum Gasteiger partial charge on any atom is -0.390 e. The Morgan fingerprint density at radius 2 is 1.95 bits per heavy atom. The van der Waals surface area contributed by atoms with Crippen LogP contribution in [0.4, 0.5) is 11.8 Å². The fourth-order valence-corrected chi connectivity index (χ4v) is 7.37. The highest BCUT2D eigenvalue weighted by Gasteiger charge is 2.43. The van der Waals surface area contributed by atoms with E-state index >= 15 is 0 Å². The van der Waals surface area contributed by atoms with Crippen LogP contribution in [-0.4, -0.2) is 88.1 Å². The van der Waals surface area contributed by atoms with E-state index < -0.39 is 34.0 Å².